The van der Waals surface area contributed by atoms with Gasteiger partial charge in [-0.05, 0) is 46.7 Å². The van der Waals surface area contributed by atoms with Crippen LogP contribution in [0.5, 0.6) is 0 Å². The summed E-state index contributed by atoms with van der Waals surface area (Å²) in [5, 5.41) is 8.15. The summed E-state index contributed by atoms with van der Waals surface area (Å²) in [4.78, 5) is 9.94. The van der Waals surface area contributed by atoms with E-state index in [1.165, 1.54) is 0 Å². The molecule has 0 aliphatic carbocycles. The van der Waals surface area contributed by atoms with Crippen LogP contribution in [0, 0.1) is 0 Å². The van der Waals surface area contributed by atoms with Crippen molar-refractivity contribution in [3.63, 3.8) is 0 Å². The third-order valence-corrected chi connectivity index (χ3v) is 0.731. The molecule has 0 fully saturated rings. The van der Waals surface area contributed by atoms with Crippen LogP contribution < -0.4 is 0 Å². The van der Waals surface area contributed by atoms with E-state index >= 15 is 0 Å². The van der Waals surface area contributed by atoms with Crippen molar-refractivity contribution >= 4 is 5.97 Å². The average Bonchev–Trinajstić information content (AvgIpc) is 2.15. The molecule has 64 valence electrons. The molecule has 14 heavy (non-hydrogen) atoms. The van der Waals surface area contributed by atoms with Crippen molar-refractivity contribution in [2.75, 3.05) is 0 Å². The van der Waals surface area contributed by atoms with Gasteiger partial charge in [0.2, 0.25) is 0 Å². The highest BCUT2D eigenvalue weighted by Crippen LogP contribution is 1.62. The third-order valence-electron chi connectivity index (χ3n) is 0.731. The first-order chi connectivity index (χ1) is 6.77. The molecule has 0 heterocycles. The summed E-state index contributed by atoms with van der Waals surface area (Å²) >= 11 is 0. The van der Waals surface area contributed by atoms with Crippen molar-refractivity contribution in [2.45, 2.75) is 0 Å². The minimum atomic E-state index is -1.10. The van der Waals surface area contributed by atoms with Crippen LogP contribution in [-0.2, 0) is 4.79 Å². The fraction of sp³-hybridized carbons (Fsp3) is 0. The number of carbonyl (C=O) groups is 1. The molecule has 1 N–H and O–H groups in total. The van der Waals surface area contributed by atoms with Gasteiger partial charge >= 0.3 is 5.97 Å². The molecule has 0 amide bonds. The number of carboxylic acid groups (broad SMARTS) is 1. The minimum absolute atomic E-state index is 0.800. The van der Waals surface area contributed by atoms with E-state index in [2.05, 4.69) is 58.2 Å². The van der Waals surface area contributed by atoms with Crippen LogP contribution >= 0.6 is 0 Å². The lowest BCUT2D eigenvalue weighted by Gasteiger charge is -1.65. The fourth-order valence-electron chi connectivity index (χ4n) is 0.334. The number of carboxylic acids is 1. The topological polar surface area (TPSA) is 37.3 Å². The van der Waals surface area contributed by atoms with E-state index in [0.29, 0.717) is 0 Å². The molecule has 0 aromatic heterocycles. The number of hydrogen-bond acceptors (Lipinski definition) is 1. The minimum Gasteiger partial charge on any atom is -0.478 e. The van der Waals surface area contributed by atoms with Gasteiger partial charge in [-0.25, -0.2) is 4.79 Å². The lowest BCUT2D eigenvalue weighted by Crippen LogP contribution is -1.82. The summed E-state index contributed by atoms with van der Waals surface area (Å²) in [5.41, 5.74) is 21.1. The molecular weight excluding hydrogens is 176 g/mol. The zero-order valence-electron chi connectivity index (χ0n) is 7.14. The molecule has 0 saturated carbocycles. The van der Waals surface area contributed by atoms with Gasteiger partial charge in [-0.15, -0.1) is 0 Å². The van der Waals surface area contributed by atoms with E-state index in [4.69, 9.17) is 5.11 Å². The van der Waals surface area contributed by atoms with Gasteiger partial charge in [-0.1, -0.05) is 11.5 Å². The Kier molecular flexibility index (Phi) is 6.68. The smallest absolute Gasteiger partial charge is 0.336 e. The standard InChI is InChI=1S/C12H4O2/c1-2-3-4-5-6-7-8-9-10-11-12(13)14/h11H,1H2,(H,13,14). The molecule has 0 unspecified atom stereocenters. The summed E-state index contributed by atoms with van der Waals surface area (Å²) < 4.78 is 0. The van der Waals surface area contributed by atoms with Crippen LogP contribution in [0.4, 0.5) is 0 Å². The summed E-state index contributed by atoms with van der Waals surface area (Å²) in [5.74, 6) is -1.10. The molecule has 2 nitrogen and oxygen atoms in total. The maximum absolute atomic E-state index is 9.94. The molecule has 0 aromatic rings. The SMILES string of the molecule is C=C=C=C=C=C=C=C=C=C=CC(=O)O. The van der Waals surface area contributed by atoms with Crippen LogP contribution in [0.25, 0.3) is 0 Å². The van der Waals surface area contributed by atoms with Gasteiger partial charge < -0.3 is 5.11 Å². The molecule has 2 heteroatoms. The number of hydrogen-bond donors (Lipinski definition) is 1. The Morgan fingerprint density at radius 2 is 1.50 bits per heavy atom. The van der Waals surface area contributed by atoms with Gasteiger partial charge in [0.1, 0.15) is 0 Å². The second-order valence-electron chi connectivity index (χ2n) is 1.68. The van der Waals surface area contributed by atoms with Gasteiger partial charge in [-0.2, -0.15) is 0 Å². The molecule has 0 spiro atoms. The van der Waals surface area contributed by atoms with Gasteiger partial charge in [0.15, 0.2) is 0 Å². The average molecular weight is 180 g/mol. The maximum atomic E-state index is 9.94. The predicted molar refractivity (Wildman–Crippen MR) is 49.4 cm³/mol. The lowest BCUT2D eigenvalue weighted by atomic mass is 10.6. The van der Waals surface area contributed by atoms with Crippen molar-refractivity contribution in [3.05, 3.63) is 64.2 Å². The van der Waals surface area contributed by atoms with Gasteiger partial charge in [0.05, 0.1) is 6.08 Å². The zero-order chi connectivity index (χ0) is 10.6. The Morgan fingerprint density at radius 3 is 2.00 bits per heavy atom. The summed E-state index contributed by atoms with van der Waals surface area (Å²) in [6, 6.07) is 0. The Hall–Kier alpha value is -2.77. The normalized spacial score (nSPS) is 4.86. The first-order valence-corrected chi connectivity index (χ1v) is 3.36. The Balaban J connectivity index is 5.23. The highest BCUT2D eigenvalue weighted by molar-refractivity contribution is 5.79. The molecule has 0 atom stereocenters. The lowest BCUT2D eigenvalue weighted by molar-refractivity contribution is -0.131. The first-order valence-electron chi connectivity index (χ1n) is 3.36. The van der Waals surface area contributed by atoms with E-state index in [1.807, 2.05) is 0 Å². The predicted octanol–water partition coefficient (Wildman–Crippen LogP) is 1.65. The number of aliphatic carboxylic acids is 1. The van der Waals surface area contributed by atoms with Crippen LogP contribution in [-0.4, -0.2) is 11.1 Å². The molecule has 0 aliphatic rings. The fourth-order valence-corrected chi connectivity index (χ4v) is 0.334. The zero-order valence-corrected chi connectivity index (χ0v) is 7.14. The van der Waals surface area contributed by atoms with Crippen LogP contribution in [0.2, 0.25) is 0 Å². The van der Waals surface area contributed by atoms with Gasteiger partial charge in [0, 0.05) is 0 Å². The molecular formula is C12H4O2. The molecule has 0 radical (unpaired) electrons. The number of rotatable bonds is 1. The Labute approximate surface area is 80.8 Å². The van der Waals surface area contributed by atoms with E-state index in [1.54, 1.807) is 0 Å². The molecule has 0 rings (SSSR count). The first kappa shape index (κ1) is 11.2. The monoisotopic (exact) mass is 180 g/mol. The second-order valence-corrected chi connectivity index (χ2v) is 1.68. The van der Waals surface area contributed by atoms with Crippen molar-refractivity contribution in [1.82, 2.24) is 0 Å². The van der Waals surface area contributed by atoms with Crippen molar-refractivity contribution in [3.8, 4) is 0 Å². The van der Waals surface area contributed by atoms with Crippen molar-refractivity contribution in [1.29, 1.82) is 0 Å². The third kappa shape index (κ3) is 9.23. The van der Waals surface area contributed by atoms with Crippen LogP contribution in [0.1, 0.15) is 0 Å². The largest absolute Gasteiger partial charge is 0.478 e. The highest BCUT2D eigenvalue weighted by Gasteiger charge is 1.77. The summed E-state index contributed by atoms with van der Waals surface area (Å²) in [7, 11) is 0. The van der Waals surface area contributed by atoms with Crippen LogP contribution in [0.3, 0.4) is 0 Å². The molecule has 0 bridgehead atoms. The summed E-state index contributed by atoms with van der Waals surface area (Å²) in [6.45, 7) is 3.25. The van der Waals surface area contributed by atoms with Crippen molar-refractivity contribution < 1.29 is 9.90 Å². The Bertz CT molecular complexity index is 552. The molecule has 0 aliphatic heterocycles. The van der Waals surface area contributed by atoms with E-state index in [-0.39, 0.29) is 0 Å². The Morgan fingerprint density at radius 1 is 1.00 bits per heavy atom. The maximum Gasteiger partial charge on any atom is 0.336 e. The van der Waals surface area contributed by atoms with E-state index in [0.717, 1.165) is 6.08 Å². The second kappa shape index (κ2) is 8.33. The quantitative estimate of drug-likeness (QED) is 0.492. The van der Waals surface area contributed by atoms with Gasteiger partial charge in [0.25, 0.3) is 0 Å². The van der Waals surface area contributed by atoms with Crippen molar-refractivity contribution in [2.24, 2.45) is 0 Å². The van der Waals surface area contributed by atoms with Gasteiger partial charge in [-0.3, -0.25) is 0 Å². The van der Waals surface area contributed by atoms with E-state index < -0.39 is 5.97 Å². The van der Waals surface area contributed by atoms with Crippen LogP contribution in [0.15, 0.2) is 64.2 Å². The summed E-state index contributed by atoms with van der Waals surface area (Å²) in [6.07, 6.45) is 0.800. The highest BCUT2D eigenvalue weighted by atomic mass is 16.4. The molecule has 0 saturated heterocycles. The van der Waals surface area contributed by atoms with E-state index in [9.17, 15) is 4.79 Å². The molecule has 0 aromatic carbocycles.